The van der Waals surface area contributed by atoms with Gasteiger partial charge in [0.05, 0.1) is 12.6 Å². The van der Waals surface area contributed by atoms with Crippen LogP contribution in [0.2, 0.25) is 0 Å². The number of nitrogens with zero attached hydrogens (tertiary/aromatic N) is 2. The lowest BCUT2D eigenvalue weighted by Crippen LogP contribution is -2.40. The van der Waals surface area contributed by atoms with E-state index in [1.165, 1.54) is 17.2 Å². The minimum atomic E-state index is -0.577. The van der Waals surface area contributed by atoms with Crippen LogP contribution >= 0.6 is 24.0 Å². The molecule has 5 nitrogen and oxygen atoms in total. The first-order valence-electron chi connectivity index (χ1n) is 10.5. The van der Waals surface area contributed by atoms with Gasteiger partial charge in [0.2, 0.25) is 0 Å². The van der Waals surface area contributed by atoms with Crippen LogP contribution in [0.1, 0.15) is 23.6 Å². The fourth-order valence-corrected chi connectivity index (χ4v) is 3.65. The Kier molecular flexibility index (Phi) is 10.6. The molecule has 0 radical (unpaired) electrons. The van der Waals surface area contributed by atoms with E-state index in [2.05, 4.69) is 38.7 Å². The maximum Gasteiger partial charge on any atom is 0.191 e. The van der Waals surface area contributed by atoms with Crippen LogP contribution < -0.4 is 10.6 Å². The van der Waals surface area contributed by atoms with Crippen molar-refractivity contribution < 1.29 is 13.9 Å². The maximum absolute atomic E-state index is 13.7. The minimum absolute atomic E-state index is 0. The molecule has 1 heterocycles. The molecule has 0 saturated carbocycles. The predicted molar refractivity (Wildman–Crippen MR) is 131 cm³/mol. The normalized spacial score (nSPS) is 15.0. The molecule has 1 aliphatic heterocycles. The molecule has 1 unspecified atom stereocenters. The second-order valence-electron chi connectivity index (χ2n) is 7.54. The highest BCUT2D eigenvalue weighted by atomic mass is 127. The number of halogens is 3. The number of aliphatic hydroxyl groups excluding tert-OH is 1. The Morgan fingerprint density at radius 3 is 2.71 bits per heavy atom. The smallest absolute Gasteiger partial charge is 0.191 e. The summed E-state index contributed by atoms with van der Waals surface area (Å²) in [5.74, 6) is -0.313. The van der Waals surface area contributed by atoms with Gasteiger partial charge in [-0.1, -0.05) is 24.3 Å². The first-order chi connectivity index (χ1) is 14.5. The van der Waals surface area contributed by atoms with Gasteiger partial charge >= 0.3 is 0 Å². The molecule has 0 fully saturated rings. The lowest BCUT2D eigenvalue weighted by molar-refractivity contribution is 0.111. The monoisotopic (exact) mass is 544 g/mol. The van der Waals surface area contributed by atoms with Crippen molar-refractivity contribution in [2.75, 3.05) is 32.7 Å². The Labute approximate surface area is 200 Å². The molecule has 0 aromatic heterocycles. The number of β-amino-alcohol motifs (C(OH)–C–C–N with tert-alkyl or cyclic N) is 1. The summed E-state index contributed by atoms with van der Waals surface area (Å²) >= 11 is 0. The number of aliphatic imine (C=N–C) groups is 1. The molecule has 0 bridgehead atoms. The van der Waals surface area contributed by atoms with E-state index in [1.807, 2.05) is 13.0 Å². The van der Waals surface area contributed by atoms with Gasteiger partial charge in [-0.25, -0.2) is 8.78 Å². The number of hydrogen-bond acceptors (Lipinski definition) is 3. The molecule has 0 amide bonds. The van der Waals surface area contributed by atoms with Gasteiger partial charge in [-0.15, -0.1) is 24.0 Å². The average Bonchev–Trinajstić information content (AvgIpc) is 2.74. The number of hydrogen-bond donors (Lipinski definition) is 3. The number of benzene rings is 2. The van der Waals surface area contributed by atoms with E-state index in [0.717, 1.165) is 31.6 Å². The number of aliphatic hydroxyl groups is 1. The molecule has 3 N–H and O–H groups in total. The largest absolute Gasteiger partial charge is 0.390 e. The summed E-state index contributed by atoms with van der Waals surface area (Å²) in [6.07, 6.45) is 0.753. The van der Waals surface area contributed by atoms with Gasteiger partial charge < -0.3 is 15.7 Å². The van der Waals surface area contributed by atoms with Gasteiger partial charge in [0, 0.05) is 32.7 Å². The van der Waals surface area contributed by atoms with E-state index in [-0.39, 0.29) is 30.5 Å². The first-order valence-corrected chi connectivity index (χ1v) is 10.5. The lowest BCUT2D eigenvalue weighted by Gasteiger charge is -2.30. The van der Waals surface area contributed by atoms with Crippen LogP contribution in [0.15, 0.2) is 47.5 Å². The lowest BCUT2D eigenvalue weighted by atomic mass is 10.00. The predicted octanol–water partition coefficient (Wildman–Crippen LogP) is 3.10. The van der Waals surface area contributed by atoms with E-state index < -0.39 is 17.7 Å². The number of fused-ring (bicyclic) bond motifs is 1. The molecule has 170 valence electrons. The summed E-state index contributed by atoms with van der Waals surface area (Å²) in [5, 5.41) is 16.7. The van der Waals surface area contributed by atoms with Crippen molar-refractivity contribution in [2.24, 2.45) is 4.99 Å². The van der Waals surface area contributed by atoms with Crippen LogP contribution in [0.4, 0.5) is 8.78 Å². The number of nitrogens with one attached hydrogen (secondary N) is 2. The van der Waals surface area contributed by atoms with Crippen molar-refractivity contribution in [3.8, 4) is 0 Å². The van der Waals surface area contributed by atoms with Crippen LogP contribution in [0.25, 0.3) is 0 Å². The van der Waals surface area contributed by atoms with Crippen molar-refractivity contribution in [1.29, 1.82) is 0 Å². The van der Waals surface area contributed by atoms with E-state index in [4.69, 9.17) is 0 Å². The second-order valence-corrected chi connectivity index (χ2v) is 7.54. The first kappa shape index (κ1) is 25.5. The summed E-state index contributed by atoms with van der Waals surface area (Å²) in [4.78, 5) is 6.69. The van der Waals surface area contributed by atoms with Gasteiger partial charge in [-0.2, -0.15) is 0 Å². The Morgan fingerprint density at radius 1 is 1.16 bits per heavy atom. The maximum atomic E-state index is 13.7. The molecule has 31 heavy (non-hydrogen) atoms. The zero-order valence-electron chi connectivity index (χ0n) is 17.8. The molecule has 1 atom stereocenters. The Bertz CT molecular complexity index is 865. The van der Waals surface area contributed by atoms with Crippen molar-refractivity contribution in [3.63, 3.8) is 0 Å². The van der Waals surface area contributed by atoms with Gasteiger partial charge in [-0.05, 0) is 54.7 Å². The SMILES string of the molecule is CCNC(=NCC(O)CN1CCc2ccccc2C1)NCCc1cc(F)ccc1F.I. The zero-order chi connectivity index (χ0) is 21.3. The highest BCUT2D eigenvalue weighted by molar-refractivity contribution is 14.0. The number of rotatable bonds is 8. The van der Waals surface area contributed by atoms with Crippen molar-refractivity contribution in [2.45, 2.75) is 32.4 Å². The van der Waals surface area contributed by atoms with E-state index in [1.54, 1.807) is 0 Å². The Morgan fingerprint density at radius 2 is 1.94 bits per heavy atom. The summed E-state index contributed by atoms with van der Waals surface area (Å²) in [6, 6.07) is 11.9. The van der Waals surface area contributed by atoms with E-state index in [9.17, 15) is 13.9 Å². The summed E-state index contributed by atoms with van der Waals surface area (Å²) in [6.45, 7) is 5.62. The molecule has 1 aliphatic rings. The molecule has 2 aromatic rings. The van der Waals surface area contributed by atoms with Gasteiger partial charge in [-0.3, -0.25) is 9.89 Å². The fourth-order valence-electron chi connectivity index (χ4n) is 3.65. The third-order valence-corrected chi connectivity index (χ3v) is 5.18. The van der Waals surface area contributed by atoms with Crippen LogP contribution in [0, 0.1) is 11.6 Å². The van der Waals surface area contributed by atoms with Crippen LogP contribution in [0.5, 0.6) is 0 Å². The Balaban J connectivity index is 0.00000341. The van der Waals surface area contributed by atoms with Crippen LogP contribution in [0.3, 0.4) is 0 Å². The molecule has 0 saturated heterocycles. The molecule has 2 aromatic carbocycles. The highest BCUT2D eigenvalue weighted by Crippen LogP contribution is 2.18. The van der Waals surface area contributed by atoms with Gasteiger partial charge in [0.15, 0.2) is 5.96 Å². The molecule has 3 rings (SSSR count). The average molecular weight is 544 g/mol. The molecule has 8 heteroatoms. The molecular weight excluding hydrogens is 513 g/mol. The minimum Gasteiger partial charge on any atom is -0.390 e. The molecule has 0 spiro atoms. The highest BCUT2D eigenvalue weighted by Gasteiger charge is 2.18. The summed E-state index contributed by atoms with van der Waals surface area (Å²) in [5.41, 5.74) is 3.03. The van der Waals surface area contributed by atoms with Gasteiger partial charge in [0.1, 0.15) is 11.6 Å². The zero-order valence-corrected chi connectivity index (χ0v) is 20.1. The van der Waals surface area contributed by atoms with Crippen LogP contribution in [-0.4, -0.2) is 54.8 Å². The van der Waals surface area contributed by atoms with E-state index in [0.29, 0.717) is 37.6 Å². The fraction of sp³-hybridized carbons (Fsp3) is 0.435. The van der Waals surface area contributed by atoms with E-state index >= 15 is 0 Å². The van der Waals surface area contributed by atoms with Crippen molar-refractivity contribution in [1.82, 2.24) is 15.5 Å². The Hall–Kier alpha value is -1.78. The molecule has 0 aliphatic carbocycles. The summed E-state index contributed by atoms with van der Waals surface area (Å²) < 4.78 is 27.0. The van der Waals surface area contributed by atoms with Crippen LogP contribution in [-0.2, 0) is 19.4 Å². The van der Waals surface area contributed by atoms with Crippen molar-refractivity contribution in [3.05, 3.63) is 70.8 Å². The van der Waals surface area contributed by atoms with Gasteiger partial charge in [0.25, 0.3) is 0 Å². The standard InChI is InChI=1S/C23H30F2N4O.HI/c1-2-26-23(27-11-9-18-13-20(24)7-8-22(18)25)28-14-21(30)16-29-12-10-17-5-3-4-6-19(17)15-29;/h3-8,13,21,30H,2,9-12,14-16H2,1H3,(H2,26,27,28);1H. The third-order valence-electron chi connectivity index (χ3n) is 5.18. The third kappa shape index (κ3) is 8.01. The molecular formula is C23H31F2IN4O. The summed E-state index contributed by atoms with van der Waals surface area (Å²) in [7, 11) is 0. The second kappa shape index (κ2) is 12.9. The quantitative estimate of drug-likeness (QED) is 0.272. The number of guanidine groups is 1. The van der Waals surface area contributed by atoms with Crippen molar-refractivity contribution >= 4 is 29.9 Å². The topological polar surface area (TPSA) is 59.9 Å².